The van der Waals surface area contributed by atoms with Gasteiger partial charge in [0.05, 0.1) is 13.3 Å². The first-order chi connectivity index (χ1) is 6.36. The van der Waals surface area contributed by atoms with Crippen molar-refractivity contribution in [1.82, 2.24) is 0 Å². The first-order valence-corrected chi connectivity index (χ1v) is 3.85. The van der Waals surface area contributed by atoms with Crippen molar-refractivity contribution >= 4 is 12.3 Å². The van der Waals surface area contributed by atoms with Crippen LogP contribution >= 0.6 is 0 Å². The molecule has 1 rings (SSSR count). The Kier molecular flexibility index (Phi) is 3.57. The Bertz CT molecular complexity index is 301. The van der Waals surface area contributed by atoms with Crippen LogP contribution in [0.2, 0.25) is 0 Å². The molecule has 0 saturated heterocycles. The van der Waals surface area contributed by atoms with Crippen LogP contribution in [-0.2, 0) is 0 Å². The summed E-state index contributed by atoms with van der Waals surface area (Å²) in [4.78, 5) is 0. The number of oxime groups is 1. The van der Waals surface area contributed by atoms with E-state index in [1.54, 1.807) is 13.2 Å². The van der Waals surface area contributed by atoms with Gasteiger partial charge in [0.2, 0.25) is 0 Å². The van der Waals surface area contributed by atoms with Crippen LogP contribution in [0.5, 0.6) is 5.75 Å². The Balaban J connectivity index is 2.69. The number of hydrogen-bond donors (Lipinski definition) is 1. The van der Waals surface area contributed by atoms with Crippen LogP contribution < -0.4 is 4.74 Å². The van der Waals surface area contributed by atoms with Crippen molar-refractivity contribution in [3.63, 3.8) is 0 Å². The Morgan fingerprint density at radius 3 is 2.54 bits per heavy atom. The average Bonchev–Trinajstić information content (AvgIpc) is 2.19. The molecule has 0 amide bonds. The molecule has 3 heteroatoms. The summed E-state index contributed by atoms with van der Waals surface area (Å²) in [5.74, 6) is 0.827. The standard InChI is InChI=1S/C10H11NO2/c1-13-10-6-4-9(5-7-10)3-2-8-11-12/h2-8,12H,1H3/b3-2+,11-8+. The van der Waals surface area contributed by atoms with Gasteiger partial charge < -0.3 is 9.94 Å². The van der Waals surface area contributed by atoms with Crippen LogP contribution in [0.4, 0.5) is 0 Å². The number of hydrogen-bond acceptors (Lipinski definition) is 3. The molecule has 0 aromatic heterocycles. The molecule has 1 N–H and O–H groups in total. The van der Waals surface area contributed by atoms with Gasteiger partial charge in [-0.15, -0.1) is 0 Å². The molecule has 68 valence electrons. The van der Waals surface area contributed by atoms with E-state index in [0.29, 0.717) is 0 Å². The number of methoxy groups -OCH3 is 1. The fraction of sp³-hybridized carbons (Fsp3) is 0.100. The fourth-order valence-electron chi connectivity index (χ4n) is 0.908. The molecule has 0 aliphatic carbocycles. The highest BCUT2D eigenvalue weighted by Crippen LogP contribution is 2.11. The molecule has 0 atom stereocenters. The SMILES string of the molecule is COc1ccc(/C=C/C=N/O)cc1. The molecule has 0 radical (unpaired) electrons. The average molecular weight is 177 g/mol. The normalized spacial score (nSPS) is 11.2. The van der Waals surface area contributed by atoms with E-state index in [4.69, 9.17) is 9.94 Å². The van der Waals surface area contributed by atoms with E-state index in [9.17, 15) is 0 Å². The van der Waals surface area contributed by atoms with Gasteiger partial charge in [0, 0.05) is 0 Å². The molecule has 0 saturated carbocycles. The first kappa shape index (κ1) is 9.32. The molecule has 0 aliphatic rings. The molecular weight excluding hydrogens is 166 g/mol. The number of nitrogens with zero attached hydrogens (tertiary/aromatic N) is 1. The highest BCUT2D eigenvalue weighted by atomic mass is 16.5. The molecule has 0 heterocycles. The second kappa shape index (κ2) is 4.98. The summed E-state index contributed by atoms with van der Waals surface area (Å²) in [6, 6.07) is 7.58. The van der Waals surface area contributed by atoms with Crippen molar-refractivity contribution in [2.45, 2.75) is 0 Å². The summed E-state index contributed by atoms with van der Waals surface area (Å²) in [6.07, 6.45) is 4.80. The maximum atomic E-state index is 8.12. The zero-order valence-electron chi connectivity index (χ0n) is 7.34. The Hall–Kier alpha value is -1.77. The summed E-state index contributed by atoms with van der Waals surface area (Å²) in [6.45, 7) is 0. The van der Waals surface area contributed by atoms with Crippen LogP contribution in [0.25, 0.3) is 6.08 Å². The molecule has 3 nitrogen and oxygen atoms in total. The third-order valence-electron chi connectivity index (χ3n) is 1.56. The van der Waals surface area contributed by atoms with Gasteiger partial charge in [-0.2, -0.15) is 0 Å². The van der Waals surface area contributed by atoms with Gasteiger partial charge >= 0.3 is 0 Å². The number of ether oxygens (including phenoxy) is 1. The lowest BCUT2D eigenvalue weighted by Gasteiger charge is -1.98. The first-order valence-electron chi connectivity index (χ1n) is 3.85. The lowest BCUT2D eigenvalue weighted by molar-refractivity contribution is 0.322. The molecule has 0 aliphatic heterocycles. The topological polar surface area (TPSA) is 41.8 Å². The van der Waals surface area contributed by atoms with Gasteiger partial charge in [-0.3, -0.25) is 0 Å². The van der Waals surface area contributed by atoms with Gasteiger partial charge in [0.25, 0.3) is 0 Å². The smallest absolute Gasteiger partial charge is 0.118 e. The van der Waals surface area contributed by atoms with Crippen LogP contribution in [-0.4, -0.2) is 18.5 Å². The van der Waals surface area contributed by atoms with Crippen molar-refractivity contribution in [1.29, 1.82) is 0 Å². The van der Waals surface area contributed by atoms with Crippen LogP contribution in [0, 0.1) is 0 Å². The Morgan fingerprint density at radius 1 is 1.31 bits per heavy atom. The van der Waals surface area contributed by atoms with E-state index < -0.39 is 0 Å². The van der Waals surface area contributed by atoms with Gasteiger partial charge in [0.15, 0.2) is 0 Å². The minimum atomic E-state index is 0.827. The molecule has 0 bridgehead atoms. The summed E-state index contributed by atoms with van der Waals surface area (Å²) in [5.41, 5.74) is 1.03. The quantitative estimate of drug-likeness (QED) is 0.436. The zero-order valence-corrected chi connectivity index (χ0v) is 7.34. The molecule has 0 unspecified atom stereocenters. The third-order valence-corrected chi connectivity index (χ3v) is 1.56. The van der Waals surface area contributed by atoms with Crippen molar-refractivity contribution in [3.05, 3.63) is 35.9 Å². The molecule has 13 heavy (non-hydrogen) atoms. The Labute approximate surface area is 77.0 Å². The molecular formula is C10H11NO2. The van der Waals surface area contributed by atoms with Gasteiger partial charge in [-0.25, -0.2) is 0 Å². The zero-order chi connectivity index (χ0) is 9.52. The van der Waals surface area contributed by atoms with Gasteiger partial charge in [0.1, 0.15) is 5.75 Å². The largest absolute Gasteiger partial charge is 0.497 e. The fourth-order valence-corrected chi connectivity index (χ4v) is 0.908. The molecule has 0 fully saturated rings. The lowest BCUT2D eigenvalue weighted by atomic mass is 10.2. The maximum absolute atomic E-state index is 8.12. The van der Waals surface area contributed by atoms with Crippen molar-refractivity contribution < 1.29 is 9.94 Å². The second-order valence-electron chi connectivity index (χ2n) is 2.40. The van der Waals surface area contributed by atoms with Gasteiger partial charge in [-0.05, 0) is 23.8 Å². The highest BCUT2D eigenvalue weighted by molar-refractivity contribution is 5.77. The van der Waals surface area contributed by atoms with E-state index in [-0.39, 0.29) is 0 Å². The maximum Gasteiger partial charge on any atom is 0.118 e. The van der Waals surface area contributed by atoms with Gasteiger partial charge in [-0.1, -0.05) is 23.4 Å². The van der Waals surface area contributed by atoms with E-state index in [0.717, 1.165) is 11.3 Å². The molecule has 1 aromatic carbocycles. The van der Waals surface area contributed by atoms with Crippen molar-refractivity contribution in [2.24, 2.45) is 5.16 Å². The summed E-state index contributed by atoms with van der Waals surface area (Å²) in [5, 5.41) is 11.0. The minimum Gasteiger partial charge on any atom is -0.497 e. The van der Waals surface area contributed by atoms with Crippen molar-refractivity contribution in [3.8, 4) is 5.75 Å². The number of allylic oxidation sites excluding steroid dienone is 1. The van der Waals surface area contributed by atoms with Crippen LogP contribution in [0.3, 0.4) is 0 Å². The molecule has 1 aromatic rings. The van der Waals surface area contributed by atoms with Crippen LogP contribution in [0.1, 0.15) is 5.56 Å². The number of rotatable bonds is 3. The number of benzene rings is 1. The van der Waals surface area contributed by atoms with Crippen molar-refractivity contribution in [2.75, 3.05) is 7.11 Å². The Morgan fingerprint density at radius 2 is 2.00 bits per heavy atom. The third kappa shape index (κ3) is 2.99. The minimum absolute atomic E-state index is 0.827. The summed E-state index contributed by atoms with van der Waals surface area (Å²) in [7, 11) is 1.63. The summed E-state index contributed by atoms with van der Waals surface area (Å²) >= 11 is 0. The lowest BCUT2D eigenvalue weighted by Crippen LogP contribution is -1.81. The highest BCUT2D eigenvalue weighted by Gasteiger charge is 1.88. The van der Waals surface area contributed by atoms with E-state index in [1.807, 2.05) is 30.3 Å². The predicted molar refractivity (Wildman–Crippen MR) is 52.3 cm³/mol. The van der Waals surface area contributed by atoms with E-state index >= 15 is 0 Å². The summed E-state index contributed by atoms with van der Waals surface area (Å²) < 4.78 is 5.00. The van der Waals surface area contributed by atoms with E-state index in [2.05, 4.69) is 5.16 Å². The monoisotopic (exact) mass is 177 g/mol. The van der Waals surface area contributed by atoms with Crippen LogP contribution in [0.15, 0.2) is 35.5 Å². The second-order valence-corrected chi connectivity index (χ2v) is 2.40. The van der Waals surface area contributed by atoms with E-state index in [1.165, 1.54) is 6.21 Å². The predicted octanol–water partition coefficient (Wildman–Crippen LogP) is 2.17. The molecule has 0 spiro atoms.